The molecule has 0 radical (unpaired) electrons. The summed E-state index contributed by atoms with van der Waals surface area (Å²) in [4.78, 5) is 23.0. The first-order valence-corrected chi connectivity index (χ1v) is 6.42. The summed E-state index contributed by atoms with van der Waals surface area (Å²) in [7, 11) is 0. The van der Waals surface area contributed by atoms with Crippen LogP contribution in [0.3, 0.4) is 0 Å². The molecule has 3 atom stereocenters. The van der Waals surface area contributed by atoms with E-state index >= 15 is 0 Å². The number of carboxylic acids is 1. The third kappa shape index (κ3) is 6.54. The molecule has 0 aromatic rings. The van der Waals surface area contributed by atoms with Crippen LogP contribution in [0.5, 0.6) is 0 Å². The first-order chi connectivity index (χ1) is 8.45. The van der Waals surface area contributed by atoms with Crippen molar-refractivity contribution in [3.8, 4) is 0 Å². The monoisotopic (exact) mass is 274 g/mol. The zero-order valence-electron chi connectivity index (χ0n) is 12.6. The lowest BCUT2D eigenvalue weighted by Gasteiger charge is -2.30. The van der Waals surface area contributed by atoms with Crippen molar-refractivity contribution in [3.05, 3.63) is 0 Å². The van der Waals surface area contributed by atoms with Crippen molar-refractivity contribution in [2.24, 2.45) is 11.7 Å². The summed E-state index contributed by atoms with van der Waals surface area (Å²) in [5.41, 5.74) is 5.20. The van der Waals surface area contributed by atoms with Crippen LogP contribution in [0.4, 0.5) is 0 Å². The summed E-state index contributed by atoms with van der Waals surface area (Å²) < 4.78 is 5.57. The number of carbonyl (C=O) groups is 2. The fourth-order valence-corrected chi connectivity index (χ4v) is 1.56. The van der Waals surface area contributed by atoms with Gasteiger partial charge in [0.15, 0.2) is 6.04 Å². The van der Waals surface area contributed by atoms with E-state index in [1.54, 1.807) is 20.8 Å². The van der Waals surface area contributed by atoms with Crippen LogP contribution in [0.2, 0.25) is 0 Å². The Hall–Kier alpha value is -1.14. The van der Waals surface area contributed by atoms with E-state index in [1.807, 2.05) is 20.8 Å². The second kappa shape index (κ2) is 6.86. The van der Waals surface area contributed by atoms with Gasteiger partial charge in [-0.15, -0.1) is 0 Å². The third-order valence-electron chi connectivity index (χ3n) is 2.59. The number of ether oxygens (including phenoxy) is 1. The number of carboxylic acid groups (broad SMARTS) is 1. The van der Waals surface area contributed by atoms with Gasteiger partial charge >= 0.3 is 5.97 Å². The highest BCUT2D eigenvalue weighted by molar-refractivity contribution is 5.87. The Morgan fingerprint density at radius 2 is 1.68 bits per heavy atom. The zero-order chi connectivity index (χ0) is 15.4. The van der Waals surface area contributed by atoms with Crippen LogP contribution in [0.25, 0.3) is 0 Å². The Morgan fingerprint density at radius 3 is 2.00 bits per heavy atom. The average Bonchev–Trinajstić information content (AvgIpc) is 2.20. The Bertz CT molecular complexity index is 323. The molecule has 0 spiro atoms. The summed E-state index contributed by atoms with van der Waals surface area (Å²) in [6, 6.07) is -1.85. The Labute approximate surface area is 114 Å². The highest BCUT2D eigenvalue weighted by atomic mass is 16.5. The number of rotatable bonds is 6. The van der Waals surface area contributed by atoms with Crippen LogP contribution in [-0.2, 0) is 14.3 Å². The molecule has 0 aliphatic rings. The van der Waals surface area contributed by atoms with E-state index < -0.39 is 35.7 Å². The minimum absolute atomic E-state index is 0.0618. The summed E-state index contributed by atoms with van der Waals surface area (Å²) in [6.45, 7) is 10.7. The Balaban J connectivity index is 4.76. The van der Waals surface area contributed by atoms with Gasteiger partial charge in [-0.05, 0) is 33.6 Å². The predicted molar refractivity (Wildman–Crippen MR) is 72.7 cm³/mol. The molecule has 0 heterocycles. The number of amides is 1. The van der Waals surface area contributed by atoms with Gasteiger partial charge in [-0.25, -0.2) is 4.79 Å². The minimum Gasteiger partial charge on any atom is -0.480 e. The van der Waals surface area contributed by atoms with Crippen molar-refractivity contribution in [2.75, 3.05) is 0 Å². The van der Waals surface area contributed by atoms with Crippen molar-refractivity contribution in [2.45, 2.75) is 65.3 Å². The van der Waals surface area contributed by atoms with E-state index in [9.17, 15) is 14.7 Å². The molecule has 19 heavy (non-hydrogen) atoms. The Morgan fingerprint density at radius 1 is 1.21 bits per heavy atom. The molecule has 6 nitrogen and oxygen atoms in total. The third-order valence-corrected chi connectivity index (χ3v) is 2.59. The maximum atomic E-state index is 11.8. The molecule has 0 unspecified atom stereocenters. The average molecular weight is 274 g/mol. The van der Waals surface area contributed by atoms with Gasteiger partial charge in [0.1, 0.15) is 0 Å². The van der Waals surface area contributed by atoms with E-state index in [4.69, 9.17) is 10.5 Å². The van der Waals surface area contributed by atoms with Crippen LogP contribution >= 0.6 is 0 Å². The van der Waals surface area contributed by atoms with Crippen LogP contribution < -0.4 is 11.1 Å². The van der Waals surface area contributed by atoms with Crippen LogP contribution in [0, 0.1) is 5.92 Å². The second-order valence-corrected chi connectivity index (χ2v) is 6.03. The molecular weight excluding hydrogens is 248 g/mol. The topological polar surface area (TPSA) is 102 Å². The van der Waals surface area contributed by atoms with E-state index in [2.05, 4.69) is 5.32 Å². The molecule has 0 saturated heterocycles. The summed E-state index contributed by atoms with van der Waals surface area (Å²) in [5.74, 6) is -1.68. The molecule has 112 valence electrons. The molecule has 0 aromatic carbocycles. The SMILES string of the molecule is CC(C)[C@H](N)C(=O)N[C@H](C(=O)O)[C@@H](C)OC(C)(C)C. The van der Waals surface area contributed by atoms with Gasteiger partial charge in [-0.1, -0.05) is 13.8 Å². The van der Waals surface area contributed by atoms with Crippen molar-refractivity contribution in [1.29, 1.82) is 0 Å². The van der Waals surface area contributed by atoms with E-state index in [0.717, 1.165) is 0 Å². The van der Waals surface area contributed by atoms with E-state index in [1.165, 1.54) is 0 Å². The zero-order valence-corrected chi connectivity index (χ0v) is 12.6. The standard InChI is InChI=1S/C13H26N2O4/c1-7(2)9(14)11(16)15-10(12(17)18)8(3)19-13(4,5)6/h7-10H,14H2,1-6H3,(H,15,16)(H,17,18)/t8-,9+,10+/m1/s1. The van der Waals surface area contributed by atoms with Gasteiger partial charge in [0.2, 0.25) is 5.91 Å². The highest BCUT2D eigenvalue weighted by Crippen LogP contribution is 2.13. The largest absolute Gasteiger partial charge is 0.480 e. The fourth-order valence-electron chi connectivity index (χ4n) is 1.56. The van der Waals surface area contributed by atoms with E-state index in [-0.39, 0.29) is 5.92 Å². The molecule has 6 heteroatoms. The molecule has 0 bridgehead atoms. The number of hydrogen-bond acceptors (Lipinski definition) is 4. The molecular formula is C13H26N2O4. The normalized spacial score (nSPS) is 16.8. The first-order valence-electron chi connectivity index (χ1n) is 6.42. The lowest BCUT2D eigenvalue weighted by atomic mass is 10.0. The predicted octanol–water partition coefficient (Wildman–Crippen LogP) is 0.743. The minimum atomic E-state index is -1.14. The summed E-state index contributed by atoms with van der Waals surface area (Å²) >= 11 is 0. The quantitative estimate of drug-likeness (QED) is 0.663. The highest BCUT2D eigenvalue weighted by Gasteiger charge is 2.32. The van der Waals surface area contributed by atoms with Gasteiger partial charge in [0.05, 0.1) is 17.7 Å². The molecule has 0 saturated carbocycles. The maximum absolute atomic E-state index is 11.8. The molecule has 0 aliphatic carbocycles. The number of carbonyl (C=O) groups excluding carboxylic acids is 1. The summed E-state index contributed by atoms with van der Waals surface area (Å²) in [5, 5.41) is 11.6. The first kappa shape index (κ1) is 17.9. The molecule has 1 amide bonds. The molecule has 0 fully saturated rings. The number of hydrogen-bond donors (Lipinski definition) is 3. The lowest BCUT2D eigenvalue weighted by molar-refractivity contribution is -0.150. The van der Waals surface area contributed by atoms with Crippen molar-refractivity contribution in [3.63, 3.8) is 0 Å². The molecule has 0 aliphatic heterocycles. The smallest absolute Gasteiger partial charge is 0.328 e. The maximum Gasteiger partial charge on any atom is 0.328 e. The number of aliphatic carboxylic acids is 1. The fraction of sp³-hybridized carbons (Fsp3) is 0.846. The van der Waals surface area contributed by atoms with Gasteiger partial charge in [0.25, 0.3) is 0 Å². The van der Waals surface area contributed by atoms with Crippen LogP contribution in [-0.4, -0.2) is 40.8 Å². The molecule has 0 rings (SSSR count). The second-order valence-electron chi connectivity index (χ2n) is 6.03. The molecule has 4 N–H and O–H groups in total. The summed E-state index contributed by atoms with van der Waals surface area (Å²) in [6.07, 6.45) is -0.652. The van der Waals surface area contributed by atoms with Crippen molar-refractivity contribution in [1.82, 2.24) is 5.32 Å². The van der Waals surface area contributed by atoms with Gasteiger partial charge in [0, 0.05) is 0 Å². The Kier molecular flexibility index (Phi) is 6.45. The van der Waals surface area contributed by atoms with Crippen molar-refractivity contribution < 1.29 is 19.4 Å². The van der Waals surface area contributed by atoms with Gasteiger partial charge in [-0.3, -0.25) is 4.79 Å². The van der Waals surface area contributed by atoms with Gasteiger partial charge < -0.3 is 20.9 Å². The van der Waals surface area contributed by atoms with Crippen LogP contribution in [0.1, 0.15) is 41.5 Å². The number of nitrogens with one attached hydrogen (secondary N) is 1. The molecule has 0 aromatic heterocycles. The van der Waals surface area contributed by atoms with Crippen molar-refractivity contribution >= 4 is 11.9 Å². The van der Waals surface area contributed by atoms with E-state index in [0.29, 0.717) is 0 Å². The van der Waals surface area contributed by atoms with Crippen LogP contribution in [0.15, 0.2) is 0 Å². The lowest BCUT2D eigenvalue weighted by Crippen LogP contribution is -2.55. The van der Waals surface area contributed by atoms with Gasteiger partial charge in [-0.2, -0.15) is 0 Å². The number of nitrogens with two attached hydrogens (primary N) is 1.